The van der Waals surface area contributed by atoms with Gasteiger partial charge in [-0.25, -0.2) is 0 Å². The lowest BCUT2D eigenvalue weighted by Crippen LogP contribution is -2.47. The standard InChI is InChI=1S/C14H28N2O3/c1-5-10(4)7-11(8-13(17)18)16-14(19)12(15)6-9(2)3/h9-12H,5-8,15H2,1-4H3,(H,16,19)(H,17,18). The number of rotatable bonds is 9. The van der Waals surface area contributed by atoms with Crippen LogP contribution in [0.2, 0.25) is 0 Å². The van der Waals surface area contributed by atoms with Crippen LogP contribution in [0.5, 0.6) is 0 Å². The zero-order valence-corrected chi connectivity index (χ0v) is 12.5. The van der Waals surface area contributed by atoms with Gasteiger partial charge in [0.15, 0.2) is 0 Å². The summed E-state index contributed by atoms with van der Waals surface area (Å²) in [4.78, 5) is 22.7. The van der Waals surface area contributed by atoms with E-state index in [4.69, 9.17) is 10.8 Å². The van der Waals surface area contributed by atoms with E-state index in [1.165, 1.54) is 0 Å². The van der Waals surface area contributed by atoms with E-state index >= 15 is 0 Å². The summed E-state index contributed by atoms with van der Waals surface area (Å²) in [5, 5.41) is 11.7. The Labute approximate surface area is 115 Å². The fourth-order valence-electron chi connectivity index (χ4n) is 1.98. The average molecular weight is 272 g/mol. The molecule has 1 amide bonds. The van der Waals surface area contributed by atoms with E-state index < -0.39 is 12.0 Å². The summed E-state index contributed by atoms with van der Waals surface area (Å²) >= 11 is 0. The number of carbonyl (C=O) groups excluding carboxylic acids is 1. The Morgan fingerprint density at radius 1 is 1.21 bits per heavy atom. The lowest BCUT2D eigenvalue weighted by molar-refractivity contribution is -0.137. The maximum absolute atomic E-state index is 11.9. The minimum absolute atomic E-state index is 0.0511. The molecule has 3 unspecified atom stereocenters. The van der Waals surface area contributed by atoms with Gasteiger partial charge in [0.2, 0.25) is 5.91 Å². The normalized spacial score (nSPS) is 15.9. The molecule has 0 saturated heterocycles. The third-order valence-corrected chi connectivity index (χ3v) is 3.21. The highest BCUT2D eigenvalue weighted by atomic mass is 16.4. The Bertz CT molecular complexity index is 292. The van der Waals surface area contributed by atoms with Crippen molar-refractivity contribution >= 4 is 11.9 Å². The van der Waals surface area contributed by atoms with E-state index in [0.717, 1.165) is 6.42 Å². The number of hydrogen-bond donors (Lipinski definition) is 3. The van der Waals surface area contributed by atoms with Crippen molar-refractivity contribution in [2.24, 2.45) is 17.6 Å². The van der Waals surface area contributed by atoms with Crippen LogP contribution in [0.1, 0.15) is 53.4 Å². The Morgan fingerprint density at radius 3 is 2.21 bits per heavy atom. The number of nitrogens with one attached hydrogen (secondary N) is 1. The lowest BCUT2D eigenvalue weighted by atomic mass is 9.96. The number of carboxylic acid groups (broad SMARTS) is 1. The Kier molecular flexibility index (Phi) is 8.39. The van der Waals surface area contributed by atoms with Crippen LogP contribution in [0.25, 0.3) is 0 Å². The minimum Gasteiger partial charge on any atom is -0.481 e. The molecule has 0 saturated carbocycles. The number of carbonyl (C=O) groups is 2. The second kappa shape index (κ2) is 8.91. The molecule has 5 heteroatoms. The van der Waals surface area contributed by atoms with Crippen LogP contribution >= 0.6 is 0 Å². The molecule has 0 bridgehead atoms. The van der Waals surface area contributed by atoms with Crippen molar-refractivity contribution in [3.8, 4) is 0 Å². The molecule has 0 aliphatic rings. The summed E-state index contributed by atoms with van der Waals surface area (Å²) < 4.78 is 0. The molecule has 19 heavy (non-hydrogen) atoms. The van der Waals surface area contributed by atoms with Crippen LogP contribution in [-0.4, -0.2) is 29.1 Å². The molecule has 0 aliphatic carbocycles. The molecule has 0 rings (SSSR count). The van der Waals surface area contributed by atoms with Crippen molar-refractivity contribution in [2.45, 2.75) is 65.5 Å². The predicted octanol–water partition coefficient (Wildman–Crippen LogP) is 1.76. The van der Waals surface area contributed by atoms with Crippen molar-refractivity contribution < 1.29 is 14.7 Å². The van der Waals surface area contributed by atoms with Gasteiger partial charge in [-0.1, -0.05) is 34.1 Å². The van der Waals surface area contributed by atoms with Gasteiger partial charge < -0.3 is 16.2 Å². The van der Waals surface area contributed by atoms with E-state index in [1.54, 1.807) is 0 Å². The second-order valence-electron chi connectivity index (χ2n) is 5.79. The highest BCUT2D eigenvalue weighted by molar-refractivity contribution is 5.82. The minimum atomic E-state index is -0.897. The molecule has 0 aromatic rings. The van der Waals surface area contributed by atoms with E-state index in [-0.39, 0.29) is 18.4 Å². The molecule has 4 N–H and O–H groups in total. The lowest BCUT2D eigenvalue weighted by Gasteiger charge is -2.22. The van der Waals surface area contributed by atoms with E-state index in [9.17, 15) is 9.59 Å². The van der Waals surface area contributed by atoms with Crippen molar-refractivity contribution in [3.63, 3.8) is 0 Å². The number of nitrogens with two attached hydrogens (primary N) is 1. The van der Waals surface area contributed by atoms with Crippen LogP contribution < -0.4 is 11.1 Å². The van der Waals surface area contributed by atoms with Gasteiger partial charge in [-0.3, -0.25) is 9.59 Å². The molecular weight excluding hydrogens is 244 g/mol. The highest BCUT2D eigenvalue weighted by Crippen LogP contribution is 2.13. The molecule has 112 valence electrons. The highest BCUT2D eigenvalue weighted by Gasteiger charge is 2.22. The molecule has 5 nitrogen and oxygen atoms in total. The number of aliphatic carboxylic acids is 1. The SMILES string of the molecule is CCC(C)CC(CC(=O)O)NC(=O)C(N)CC(C)C. The van der Waals surface area contributed by atoms with E-state index in [2.05, 4.69) is 19.2 Å². The van der Waals surface area contributed by atoms with Crippen LogP contribution in [0.4, 0.5) is 0 Å². The van der Waals surface area contributed by atoms with Gasteiger partial charge in [0.25, 0.3) is 0 Å². The van der Waals surface area contributed by atoms with Crippen LogP contribution in [0.15, 0.2) is 0 Å². The van der Waals surface area contributed by atoms with Crippen molar-refractivity contribution in [1.29, 1.82) is 0 Å². The summed E-state index contributed by atoms with van der Waals surface area (Å²) in [6, 6.07) is -0.897. The molecule has 0 aromatic carbocycles. The summed E-state index contributed by atoms with van der Waals surface area (Å²) in [5.41, 5.74) is 5.80. The van der Waals surface area contributed by atoms with Crippen molar-refractivity contribution in [3.05, 3.63) is 0 Å². The van der Waals surface area contributed by atoms with Gasteiger partial charge >= 0.3 is 5.97 Å². The van der Waals surface area contributed by atoms with Crippen LogP contribution in [0.3, 0.4) is 0 Å². The van der Waals surface area contributed by atoms with E-state index in [1.807, 2.05) is 13.8 Å². The summed E-state index contributed by atoms with van der Waals surface area (Å²) in [6.07, 6.45) is 2.19. The molecule has 0 radical (unpaired) electrons. The third kappa shape index (κ3) is 8.59. The molecule has 0 aromatic heterocycles. The number of hydrogen-bond acceptors (Lipinski definition) is 3. The van der Waals surface area contributed by atoms with Crippen LogP contribution in [-0.2, 0) is 9.59 Å². The molecule has 0 aliphatic heterocycles. The summed E-state index contributed by atoms with van der Waals surface area (Å²) in [6.45, 7) is 8.10. The second-order valence-corrected chi connectivity index (χ2v) is 5.79. The first-order chi connectivity index (χ1) is 8.76. The van der Waals surface area contributed by atoms with Crippen molar-refractivity contribution in [1.82, 2.24) is 5.32 Å². The first kappa shape index (κ1) is 17.9. The van der Waals surface area contributed by atoms with Gasteiger partial charge in [0, 0.05) is 6.04 Å². The smallest absolute Gasteiger partial charge is 0.305 e. The van der Waals surface area contributed by atoms with Gasteiger partial charge in [0.1, 0.15) is 0 Å². The van der Waals surface area contributed by atoms with Crippen molar-refractivity contribution in [2.75, 3.05) is 0 Å². The van der Waals surface area contributed by atoms with E-state index in [0.29, 0.717) is 24.7 Å². The third-order valence-electron chi connectivity index (χ3n) is 3.21. The zero-order valence-electron chi connectivity index (χ0n) is 12.5. The molecule has 3 atom stereocenters. The fourth-order valence-corrected chi connectivity index (χ4v) is 1.98. The summed E-state index contributed by atoms with van der Waals surface area (Å²) in [7, 11) is 0. The summed E-state index contributed by atoms with van der Waals surface area (Å²) in [5.74, 6) is -0.423. The first-order valence-electron chi connectivity index (χ1n) is 7.03. The quantitative estimate of drug-likeness (QED) is 0.596. The Hall–Kier alpha value is -1.10. The first-order valence-corrected chi connectivity index (χ1v) is 7.03. The fraction of sp³-hybridized carbons (Fsp3) is 0.857. The van der Waals surface area contributed by atoms with Gasteiger partial charge in [-0.05, 0) is 24.7 Å². The topological polar surface area (TPSA) is 92.4 Å². The van der Waals surface area contributed by atoms with Gasteiger partial charge in [0.05, 0.1) is 12.5 Å². The van der Waals surface area contributed by atoms with Gasteiger partial charge in [-0.2, -0.15) is 0 Å². The molecular formula is C14H28N2O3. The Balaban J connectivity index is 4.44. The zero-order chi connectivity index (χ0) is 15.0. The Morgan fingerprint density at radius 2 is 1.79 bits per heavy atom. The average Bonchev–Trinajstić information content (AvgIpc) is 2.26. The molecule has 0 heterocycles. The van der Waals surface area contributed by atoms with Gasteiger partial charge in [-0.15, -0.1) is 0 Å². The molecule has 0 fully saturated rings. The number of carboxylic acids is 1. The predicted molar refractivity (Wildman–Crippen MR) is 75.7 cm³/mol. The molecule has 0 spiro atoms. The maximum Gasteiger partial charge on any atom is 0.305 e. The largest absolute Gasteiger partial charge is 0.481 e. The monoisotopic (exact) mass is 272 g/mol. The maximum atomic E-state index is 11.9. The number of amides is 1. The van der Waals surface area contributed by atoms with Crippen LogP contribution in [0, 0.1) is 11.8 Å².